The van der Waals surface area contributed by atoms with E-state index >= 15 is 0 Å². The molecule has 0 radical (unpaired) electrons. The lowest BCUT2D eigenvalue weighted by atomic mass is 10.0. The van der Waals surface area contributed by atoms with Gasteiger partial charge in [0, 0.05) is 26.2 Å². The van der Waals surface area contributed by atoms with E-state index in [2.05, 4.69) is 6.07 Å². The third kappa shape index (κ3) is 5.11. The largest absolute Gasteiger partial charge is 0.340 e. The summed E-state index contributed by atoms with van der Waals surface area (Å²) in [5.74, 6) is 0.344. The van der Waals surface area contributed by atoms with Crippen LogP contribution in [0.2, 0.25) is 0 Å². The van der Waals surface area contributed by atoms with Crippen molar-refractivity contribution in [1.29, 1.82) is 5.26 Å². The molecule has 2 rings (SSSR count). The van der Waals surface area contributed by atoms with Gasteiger partial charge < -0.3 is 10.6 Å². The Bertz CT molecular complexity index is 671. The van der Waals surface area contributed by atoms with E-state index in [9.17, 15) is 14.3 Å². The van der Waals surface area contributed by atoms with Crippen LogP contribution in [0.3, 0.4) is 0 Å². The fourth-order valence-corrected chi connectivity index (χ4v) is 4.29. The number of hydrogen-bond acceptors (Lipinski definition) is 4. The number of rotatable bonds is 5. The average Bonchev–Trinajstić information content (AvgIpc) is 2.85. The predicted octanol–water partition coefficient (Wildman–Crippen LogP) is 1.49. The van der Waals surface area contributed by atoms with Crippen LogP contribution in [0.5, 0.6) is 0 Å². The molecule has 0 aromatic heterocycles. The van der Waals surface area contributed by atoms with Crippen LogP contribution >= 0.6 is 0 Å². The predicted molar refractivity (Wildman–Crippen MR) is 97.8 cm³/mol. The van der Waals surface area contributed by atoms with Gasteiger partial charge in [0.25, 0.3) is 0 Å². The molecule has 0 saturated carbocycles. The molecule has 1 aliphatic rings. The van der Waals surface area contributed by atoms with Gasteiger partial charge in [-0.1, -0.05) is 26.0 Å². The van der Waals surface area contributed by atoms with E-state index in [1.807, 2.05) is 18.2 Å². The van der Waals surface area contributed by atoms with E-state index in [-0.39, 0.29) is 5.91 Å². The lowest BCUT2D eigenvalue weighted by Crippen LogP contribution is -2.45. The Balaban J connectivity index is 2.03. The summed E-state index contributed by atoms with van der Waals surface area (Å²) < 4.78 is 14.7. The molecule has 1 heterocycles. The Morgan fingerprint density at radius 1 is 1.28 bits per heavy atom. The minimum Gasteiger partial charge on any atom is -0.340 e. The van der Waals surface area contributed by atoms with Gasteiger partial charge in [-0.3, -0.25) is 4.79 Å². The SMILES string of the molecule is CC(C)CC(N)C(=O)N1CCCN(S(=O)c2ccccc2C#N)CC1. The molecule has 0 spiro atoms. The van der Waals surface area contributed by atoms with Gasteiger partial charge in [-0.2, -0.15) is 5.26 Å². The van der Waals surface area contributed by atoms with Crippen molar-refractivity contribution in [3.05, 3.63) is 29.8 Å². The molecule has 2 atom stereocenters. The Morgan fingerprint density at radius 3 is 2.68 bits per heavy atom. The molecule has 1 aromatic rings. The quantitative estimate of drug-likeness (QED) is 0.859. The van der Waals surface area contributed by atoms with Crippen molar-refractivity contribution in [1.82, 2.24) is 9.21 Å². The molecule has 136 valence electrons. The summed E-state index contributed by atoms with van der Waals surface area (Å²) in [6.45, 7) is 6.35. The normalized spacial score (nSPS) is 18.4. The van der Waals surface area contributed by atoms with Gasteiger partial charge in [0.1, 0.15) is 17.1 Å². The minimum absolute atomic E-state index is 0.0289. The van der Waals surface area contributed by atoms with E-state index in [0.29, 0.717) is 49.0 Å². The highest BCUT2D eigenvalue weighted by atomic mass is 32.2. The van der Waals surface area contributed by atoms with E-state index in [1.165, 1.54) is 0 Å². The first-order chi connectivity index (χ1) is 11.9. The summed E-state index contributed by atoms with van der Waals surface area (Å²) in [6.07, 6.45) is 1.40. The zero-order valence-electron chi connectivity index (χ0n) is 14.9. The maximum absolute atomic E-state index is 12.8. The summed E-state index contributed by atoms with van der Waals surface area (Å²) in [7, 11) is -1.40. The second-order valence-electron chi connectivity index (χ2n) is 6.70. The number of nitriles is 1. The van der Waals surface area contributed by atoms with Crippen LogP contribution in [0.1, 0.15) is 32.3 Å². The highest BCUT2D eigenvalue weighted by Crippen LogP contribution is 2.18. The van der Waals surface area contributed by atoms with Gasteiger partial charge in [0.2, 0.25) is 5.91 Å². The minimum atomic E-state index is -1.40. The molecular weight excluding hydrogens is 336 g/mol. The van der Waals surface area contributed by atoms with Gasteiger partial charge >= 0.3 is 0 Å². The third-order valence-corrected chi connectivity index (χ3v) is 5.81. The summed E-state index contributed by atoms with van der Waals surface area (Å²) >= 11 is 0. The molecule has 0 aliphatic carbocycles. The van der Waals surface area contributed by atoms with Crippen LogP contribution < -0.4 is 5.73 Å². The van der Waals surface area contributed by atoms with E-state index in [1.54, 1.807) is 29.2 Å². The number of amides is 1. The van der Waals surface area contributed by atoms with Crippen LogP contribution in [-0.4, -0.2) is 51.5 Å². The van der Waals surface area contributed by atoms with Crippen LogP contribution in [0.15, 0.2) is 29.2 Å². The molecule has 1 amide bonds. The molecule has 1 fully saturated rings. The van der Waals surface area contributed by atoms with Crippen molar-refractivity contribution in [2.24, 2.45) is 11.7 Å². The number of carbonyl (C=O) groups excluding carboxylic acids is 1. The summed E-state index contributed by atoms with van der Waals surface area (Å²) in [5, 5.41) is 9.20. The van der Waals surface area contributed by atoms with Crippen molar-refractivity contribution in [3.8, 4) is 6.07 Å². The zero-order chi connectivity index (χ0) is 18.4. The lowest BCUT2D eigenvalue weighted by molar-refractivity contribution is -0.132. The highest BCUT2D eigenvalue weighted by molar-refractivity contribution is 7.82. The zero-order valence-corrected chi connectivity index (χ0v) is 15.7. The van der Waals surface area contributed by atoms with Gasteiger partial charge in [-0.25, -0.2) is 8.51 Å². The summed E-state index contributed by atoms with van der Waals surface area (Å²) in [6, 6.07) is 8.56. The number of hydrogen-bond donors (Lipinski definition) is 1. The molecule has 25 heavy (non-hydrogen) atoms. The fraction of sp³-hybridized carbons (Fsp3) is 0.556. The molecule has 0 bridgehead atoms. The first-order valence-electron chi connectivity index (χ1n) is 8.64. The Hall–Kier alpha value is -1.75. The van der Waals surface area contributed by atoms with E-state index in [0.717, 1.165) is 6.42 Å². The molecule has 1 saturated heterocycles. The number of nitrogens with two attached hydrogens (primary N) is 1. The van der Waals surface area contributed by atoms with Gasteiger partial charge in [-0.15, -0.1) is 0 Å². The van der Waals surface area contributed by atoms with Crippen molar-refractivity contribution >= 4 is 16.9 Å². The monoisotopic (exact) mass is 362 g/mol. The second-order valence-corrected chi connectivity index (χ2v) is 8.16. The molecule has 7 heteroatoms. The first-order valence-corrected chi connectivity index (χ1v) is 9.75. The van der Waals surface area contributed by atoms with Crippen molar-refractivity contribution in [2.75, 3.05) is 26.2 Å². The lowest BCUT2D eigenvalue weighted by Gasteiger charge is -2.25. The topological polar surface area (TPSA) is 90.4 Å². The summed E-state index contributed by atoms with van der Waals surface area (Å²) in [4.78, 5) is 14.8. The van der Waals surface area contributed by atoms with Crippen molar-refractivity contribution in [3.63, 3.8) is 0 Å². The van der Waals surface area contributed by atoms with E-state index in [4.69, 9.17) is 5.73 Å². The molecule has 1 aromatic carbocycles. The Labute approximate surface area is 152 Å². The molecule has 6 nitrogen and oxygen atoms in total. The van der Waals surface area contributed by atoms with E-state index < -0.39 is 17.0 Å². The van der Waals surface area contributed by atoms with Gasteiger partial charge in [0.05, 0.1) is 16.5 Å². The first kappa shape index (κ1) is 19.6. The van der Waals surface area contributed by atoms with Gasteiger partial charge in [-0.05, 0) is 30.9 Å². The van der Waals surface area contributed by atoms with Gasteiger partial charge in [0.15, 0.2) is 0 Å². The number of benzene rings is 1. The van der Waals surface area contributed by atoms with Crippen LogP contribution in [0.25, 0.3) is 0 Å². The average molecular weight is 362 g/mol. The maximum Gasteiger partial charge on any atom is 0.239 e. The molecule has 2 unspecified atom stereocenters. The highest BCUT2D eigenvalue weighted by Gasteiger charge is 2.26. The number of carbonyl (C=O) groups is 1. The molecule has 1 aliphatic heterocycles. The maximum atomic E-state index is 12.8. The summed E-state index contributed by atoms with van der Waals surface area (Å²) in [5.41, 5.74) is 6.45. The smallest absolute Gasteiger partial charge is 0.239 e. The fourth-order valence-electron chi connectivity index (χ4n) is 2.97. The number of nitrogens with zero attached hydrogens (tertiary/aromatic N) is 3. The van der Waals surface area contributed by atoms with Crippen LogP contribution in [0.4, 0.5) is 0 Å². The Kier molecular flexibility index (Phi) is 7.12. The van der Waals surface area contributed by atoms with Crippen molar-refractivity contribution in [2.45, 2.75) is 37.6 Å². The third-order valence-electron chi connectivity index (χ3n) is 4.24. The van der Waals surface area contributed by atoms with Crippen LogP contribution in [-0.2, 0) is 15.8 Å². The molecule has 2 N–H and O–H groups in total. The Morgan fingerprint density at radius 2 is 2.00 bits per heavy atom. The van der Waals surface area contributed by atoms with Crippen molar-refractivity contribution < 1.29 is 9.00 Å². The second kappa shape index (κ2) is 9.09. The van der Waals surface area contributed by atoms with Crippen LogP contribution in [0, 0.1) is 17.2 Å². The molecular formula is C18H26N4O2S. The standard InChI is InChI=1S/C18H26N4O2S/c1-14(2)12-16(20)18(23)21-8-5-9-22(11-10-21)25(24)17-7-4-3-6-15(17)13-19/h3-4,6-7,14,16H,5,8-12,20H2,1-2H3.